The molecule has 3 atom stereocenters. The zero-order valence-electron chi connectivity index (χ0n) is 17.0. The van der Waals surface area contributed by atoms with Crippen LogP contribution in [0.5, 0.6) is 0 Å². The van der Waals surface area contributed by atoms with Gasteiger partial charge in [-0.05, 0) is 55.7 Å². The summed E-state index contributed by atoms with van der Waals surface area (Å²) in [6, 6.07) is 7.83. The van der Waals surface area contributed by atoms with Gasteiger partial charge in [0.2, 0.25) is 0 Å². The summed E-state index contributed by atoms with van der Waals surface area (Å²) in [5.74, 6) is 0.548. The van der Waals surface area contributed by atoms with E-state index in [1.807, 2.05) is 24.3 Å². The maximum absolute atomic E-state index is 11.6. The Bertz CT molecular complexity index is 750. The highest BCUT2D eigenvalue weighted by Gasteiger charge is 2.56. The van der Waals surface area contributed by atoms with Crippen molar-refractivity contribution in [2.45, 2.75) is 70.1 Å². The van der Waals surface area contributed by atoms with Crippen LogP contribution in [0.3, 0.4) is 0 Å². The average Bonchev–Trinajstić information content (AvgIpc) is 3.44. The molecule has 0 unspecified atom stereocenters. The summed E-state index contributed by atoms with van der Waals surface area (Å²) in [5, 5.41) is 25.2. The molecule has 1 aromatic heterocycles. The van der Waals surface area contributed by atoms with Gasteiger partial charge in [0.05, 0.1) is 18.2 Å². The van der Waals surface area contributed by atoms with Crippen LogP contribution in [0.2, 0.25) is 5.02 Å². The van der Waals surface area contributed by atoms with Gasteiger partial charge in [0.15, 0.2) is 0 Å². The van der Waals surface area contributed by atoms with Gasteiger partial charge in [0, 0.05) is 16.3 Å². The first-order valence-corrected chi connectivity index (χ1v) is 11.3. The number of hydrogen-bond acceptors (Lipinski definition) is 4. The van der Waals surface area contributed by atoms with Crippen LogP contribution in [0, 0.1) is 11.3 Å². The van der Waals surface area contributed by atoms with Crippen molar-refractivity contribution in [2.24, 2.45) is 11.3 Å². The molecule has 1 aromatic carbocycles. The monoisotopic (exact) mass is 439 g/mol. The number of alkyl halides is 1. The minimum atomic E-state index is -0.915. The highest BCUT2D eigenvalue weighted by molar-refractivity contribution is 6.30. The van der Waals surface area contributed by atoms with E-state index in [1.165, 1.54) is 24.7 Å². The number of halogens is 2. The normalized spacial score (nSPS) is 29.6. The van der Waals surface area contributed by atoms with E-state index in [-0.39, 0.29) is 17.4 Å². The Labute approximate surface area is 183 Å². The van der Waals surface area contributed by atoms with Crippen LogP contribution < -0.4 is 0 Å². The third-order valence-electron chi connectivity index (χ3n) is 6.65. The topological polar surface area (TPSA) is 71.2 Å². The van der Waals surface area contributed by atoms with Crippen molar-refractivity contribution in [3.05, 3.63) is 47.5 Å². The number of aliphatic hydroxyl groups excluding tert-OH is 1. The second-order valence-corrected chi connectivity index (χ2v) is 9.42. The smallest absolute Gasteiger partial charge is 0.137 e. The number of nitrogens with zero attached hydrogens (tertiary/aromatic N) is 3. The van der Waals surface area contributed by atoms with Crippen LogP contribution in [-0.4, -0.2) is 42.6 Å². The van der Waals surface area contributed by atoms with Crippen molar-refractivity contribution in [1.29, 1.82) is 0 Å². The predicted octanol–water partition coefficient (Wildman–Crippen LogP) is 4.48. The van der Waals surface area contributed by atoms with Gasteiger partial charge >= 0.3 is 0 Å². The van der Waals surface area contributed by atoms with Crippen LogP contribution >= 0.6 is 23.2 Å². The second-order valence-electron chi connectivity index (χ2n) is 8.72. The molecule has 5 nitrogen and oxygen atoms in total. The molecule has 2 aliphatic carbocycles. The summed E-state index contributed by atoms with van der Waals surface area (Å²) in [6.45, 7) is 2.48. The molecule has 29 heavy (non-hydrogen) atoms. The van der Waals surface area contributed by atoms with Crippen LogP contribution in [0.25, 0.3) is 0 Å². The van der Waals surface area contributed by atoms with E-state index in [1.54, 1.807) is 11.0 Å². The standard InChI is InChI=1S/C17H21Cl2N3O.C5H10O/c1-16(9-18)7-6-14(8-13-2-4-15(19)5-3-13)17(16,23)10-22-12-20-11-21-22;6-5-3-1-2-4-5/h2-5,11-12,14,23H,6-10H2,1H3;5-6H,1-4H2/t14-,16-,17+;/m1./s1. The van der Waals surface area contributed by atoms with Crippen molar-refractivity contribution < 1.29 is 10.2 Å². The van der Waals surface area contributed by atoms with Crippen LogP contribution in [-0.2, 0) is 13.0 Å². The SMILES string of the molecule is C[C@]1(CCl)CC[C@H](Cc2ccc(Cl)cc2)[C@@]1(O)Cn1cncn1.OC1CCCC1. The number of benzene rings is 1. The largest absolute Gasteiger partial charge is 0.393 e. The molecule has 0 spiro atoms. The quantitative estimate of drug-likeness (QED) is 0.673. The van der Waals surface area contributed by atoms with Crippen molar-refractivity contribution in [3.8, 4) is 0 Å². The van der Waals surface area contributed by atoms with Gasteiger partial charge in [-0.1, -0.05) is 43.5 Å². The number of hydrogen-bond donors (Lipinski definition) is 2. The zero-order valence-corrected chi connectivity index (χ0v) is 18.5. The Hall–Kier alpha value is -1.14. The molecule has 1 heterocycles. The van der Waals surface area contributed by atoms with Crippen LogP contribution in [0.1, 0.15) is 51.0 Å². The van der Waals surface area contributed by atoms with Gasteiger partial charge in [-0.25, -0.2) is 4.98 Å². The fraction of sp³-hybridized carbons (Fsp3) is 0.636. The third kappa shape index (κ3) is 5.32. The zero-order chi connectivity index (χ0) is 20.9. The Morgan fingerprint density at radius 2 is 1.86 bits per heavy atom. The molecule has 0 radical (unpaired) electrons. The summed E-state index contributed by atoms with van der Waals surface area (Å²) in [5.41, 5.74) is -0.0742. The van der Waals surface area contributed by atoms with Crippen molar-refractivity contribution in [2.75, 3.05) is 5.88 Å². The average molecular weight is 440 g/mol. The maximum Gasteiger partial charge on any atom is 0.137 e. The molecule has 4 rings (SSSR count). The van der Waals surface area contributed by atoms with E-state index < -0.39 is 5.60 Å². The molecule has 2 N–H and O–H groups in total. The molecule has 160 valence electrons. The molecule has 7 heteroatoms. The summed E-state index contributed by atoms with van der Waals surface area (Å²) < 4.78 is 1.70. The summed E-state index contributed by atoms with van der Waals surface area (Å²) in [4.78, 5) is 3.98. The fourth-order valence-electron chi connectivity index (χ4n) is 4.58. The molecule has 2 fully saturated rings. The summed E-state index contributed by atoms with van der Waals surface area (Å²) >= 11 is 12.2. The highest BCUT2D eigenvalue weighted by atomic mass is 35.5. The van der Waals surface area contributed by atoms with Gasteiger partial charge in [-0.2, -0.15) is 5.10 Å². The molecule has 2 aliphatic rings. The van der Waals surface area contributed by atoms with Gasteiger partial charge in [-0.15, -0.1) is 11.6 Å². The van der Waals surface area contributed by atoms with E-state index in [0.717, 1.165) is 37.1 Å². The Morgan fingerprint density at radius 3 is 2.38 bits per heavy atom. The lowest BCUT2D eigenvalue weighted by Gasteiger charge is -2.42. The first kappa shape index (κ1) is 22.5. The number of aromatic nitrogens is 3. The fourth-order valence-corrected chi connectivity index (χ4v) is 5.08. The lowest BCUT2D eigenvalue weighted by atomic mass is 9.72. The Kier molecular flexibility index (Phi) is 7.60. The first-order chi connectivity index (χ1) is 13.9. The number of aliphatic hydroxyl groups is 2. The van der Waals surface area contributed by atoms with Crippen LogP contribution in [0.15, 0.2) is 36.9 Å². The molecule has 0 saturated heterocycles. The molecule has 2 aromatic rings. The maximum atomic E-state index is 11.6. The van der Waals surface area contributed by atoms with E-state index in [0.29, 0.717) is 12.4 Å². The van der Waals surface area contributed by atoms with Gasteiger partial charge in [0.25, 0.3) is 0 Å². The number of rotatable bonds is 5. The van der Waals surface area contributed by atoms with Crippen molar-refractivity contribution in [3.63, 3.8) is 0 Å². The minimum Gasteiger partial charge on any atom is -0.393 e. The molecule has 0 aliphatic heterocycles. The molecular weight excluding hydrogens is 409 g/mol. The van der Waals surface area contributed by atoms with Gasteiger partial charge in [-0.3, -0.25) is 4.68 Å². The summed E-state index contributed by atoms with van der Waals surface area (Å²) in [7, 11) is 0. The van der Waals surface area contributed by atoms with Crippen LogP contribution in [0.4, 0.5) is 0 Å². The molecule has 0 amide bonds. The molecule has 2 saturated carbocycles. The van der Waals surface area contributed by atoms with Crippen molar-refractivity contribution in [1.82, 2.24) is 14.8 Å². The van der Waals surface area contributed by atoms with Gasteiger partial charge < -0.3 is 10.2 Å². The van der Waals surface area contributed by atoms with E-state index in [2.05, 4.69) is 17.0 Å². The Morgan fingerprint density at radius 1 is 1.17 bits per heavy atom. The molecular formula is C22H31Cl2N3O2. The third-order valence-corrected chi connectivity index (χ3v) is 7.49. The second kappa shape index (κ2) is 9.78. The summed E-state index contributed by atoms with van der Waals surface area (Å²) in [6.07, 6.45) is 10.4. The lowest BCUT2D eigenvalue weighted by molar-refractivity contribution is -0.0891. The predicted molar refractivity (Wildman–Crippen MR) is 116 cm³/mol. The minimum absolute atomic E-state index is 0.0463. The lowest BCUT2D eigenvalue weighted by Crippen LogP contribution is -2.51. The van der Waals surface area contributed by atoms with E-state index in [4.69, 9.17) is 28.3 Å². The van der Waals surface area contributed by atoms with Crippen molar-refractivity contribution >= 4 is 23.2 Å². The Balaban J connectivity index is 0.000000343. The van der Waals surface area contributed by atoms with E-state index >= 15 is 0 Å². The highest BCUT2D eigenvalue weighted by Crippen LogP contribution is 2.52. The first-order valence-electron chi connectivity index (χ1n) is 10.4. The van der Waals surface area contributed by atoms with E-state index in [9.17, 15) is 5.11 Å². The van der Waals surface area contributed by atoms with Gasteiger partial charge in [0.1, 0.15) is 12.7 Å². The molecule has 0 bridgehead atoms.